The Morgan fingerprint density at radius 3 is 2.65 bits per heavy atom. The number of H-pyrrole nitrogens is 1. The van der Waals surface area contributed by atoms with Crippen molar-refractivity contribution < 1.29 is 0 Å². The monoisotopic (exact) mass is 308 g/mol. The molecule has 1 aromatic heterocycles. The van der Waals surface area contributed by atoms with Crippen LogP contribution in [0, 0.1) is 4.64 Å². The topological polar surface area (TPSA) is 20.7 Å². The Bertz CT molecular complexity index is 578. The Hall–Kier alpha value is -0.870. The van der Waals surface area contributed by atoms with E-state index in [1.807, 2.05) is 4.68 Å². The molecule has 1 aliphatic carbocycles. The maximum atomic E-state index is 5.37. The molecule has 1 saturated carbocycles. The highest BCUT2D eigenvalue weighted by Gasteiger charge is 2.25. The molecule has 1 aliphatic rings. The second kappa shape index (κ2) is 4.42. The van der Waals surface area contributed by atoms with Crippen molar-refractivity contribution in [1.29, 1.82) is 0 Å². The molecule has 0 atom stereocenters. The highest BCUT2D eigenvalue weighted by Crippen LogP contribution is 2.39. The lowest BCUT2D eigenvalue weighted by Crippen LogP contribution is -2.02. The van der Waals surface area contributed by atoms with Gasteiger partial charge in [-0.25, -0.2) is 0 Å². The summed E-state index contributed by atoms with van der Waals surface area (Å²) in [4.78, 5) is 0. The van der Waals surface area contributed by atoms with Gasteiger partial charge in [0.05, 0.1) is 6.54 Å². The average molecular weight is 309 g/mol. The van der Waals surface area contributed by atoms with Gasteiger partial charge in [0.15, 0.2) is 0 Å². The number of nitrogens with one attached hydrogen (secondary N) is 1. The maximum absolute atomic E-state index is 5.37. The fourth-order valence-corrected chi connectivity index (χ4v) is 2.45. The molecule has 0 amide bonds. The van der Waals surface area contributed by atoms with E-state index in [4.69, 9.17) is 12.2 Å². The summed E-state index contributed by atoms with van der Waals surface area (Å²) < 4.78 is 4.05. The van der Waals surface area contributed by atoms with E-state index in [0.29, 0.717) is 0 Å². The lowest BCUT2D eigenvalue weighted by Gasteiger charge is -2.03. The van der Waals surface area contributed by atoms with E-state index < -0.39 is 0 Å². The van der Waals surface area contributed by atoms with E-state index in [-0.39, 0.29) is 0 Å². The van der Waals surface area contributed by atoms with Crippen LogP contribution in [0.1, 0.15) is 30.0 Å². The van der Waals surface area contributed by atoms with E-state index in [1.54, 1.807) is 0 Å². The van der Waals surface area contributed by atoms with Gasteiger partial charge in [-0.05, 0) is 36.6 Å². The van der Waals surface area contributed by atoms with Crippen LogP contribution in [0.3, 0.4) is 0 Å². The Morgan fingerprint density at radius 1 is 1.29 bits per heavy atom. The molecule has 17 heavy (non-hydrogen) atoms. The van der Waals surface area contributed by atoms with Crippen molar-refractivity contribution in [2.75, 3.05) is 0 Å². The summed E-state index contributed by atoms with van der Waals surface area (Å²) in [5.74, 6) is 0.725. The van der Waals surface area contributed by atoms with Crippen molar-refractivity contribution in [1.82, 2.24) is 9.78 Å². The zero-order valence-electron chi connectivity index (χ0n) is 9.32. The van der Waals surface area contributed by atoms with Crippen LogP contribution in [0.5, 0.6) is 0 Å². The normalized spacial score (nSPS) is 15.1. The van der Waals surface area contributed by atoms with Gasteiger partial charge in [-0.1, -0.05) is 40.3 Å². The molecule has 1 N–H and O–H groups in total. The molecule has 0 bridgehead atoms. The summed E-state index contributed by atoms with van der Waals surface area (Å²) in [6.07, 6.45) is 2.60. The van der Waals surface area contributed by atoms with Gasteiger partial charge in [-0.2, -0.15) is 0 Å². The molecule has 1 heterocycles. The highest BCUT2D eigenvalue weighted by atomic mass is 79.9. The predicted octanol–water partition coefficient (Wildman–Crippen LogP) is 4.23. The van der Waals surface area contributed by atoms with Gasteiger partial charge in [-0.3, -0.25) is 4.68 Å². The Labute approximate surface area is 114 Å². The zero-order valence-corrected chi connectivity index (χ0v) is 11.7. The number of halogens is 1. The van der Waals surface area contributed by atoms with Crippen LogP contribution in [-0.2, 0) is 6.54 Å². The third-order valence-electron chi connectivity index (χ3n) is 3.08. The molecule has 1 fully saturated rings. The van der Waals surface area contributed by atoms with Gasteiger partial charge in [0.2, 0.25) is 0 Å². The fourth-order valence-electron chi connectivity index (χ4n) is 1.95. The molecule has 88 valence electrons. The second-order valence-electron chi connectivity index (χ2n) is 4.54. The number of hydrogen-bond acceptors (Lipinski definition) is 1. The second-order valence-corrected chi connectivity index (χ2v) is 5.87. The molecule has 0 saturated heterocycles. The number of hydrogen-bond donors (Lipinski definition) is 1. The van der Waals surface area contributed by atoms with Crippen molar-refractivity contribution >= 4 is 28.1 Å². The van der Waals surface area contributed by atoms with E-state index in [2.05, 4.69) is 51.4 Å². The summed E-state index contributed by atoms with van der Waals surface area (Å²) in [6, 6.07) is 10.5. The van der Waals surface area contributed by atoms with Gasteiger partial charge in [0.25, 0.3) is 0 Å². The van der Waals surface area contributed by atoms with Crippen LogP contribution in [-0.4, -0.2) is 9.78 Å². The van der Waals surface area contributed by atoms with Crippen molar-refractivity contribution in [3.63, 3.8) is 0 Å². The van der Waals surface area contributed by atoms with Crippen LogP contribution in [0.25, 0.3) is 0 Å². The van der Waals surface area contributed by atoms with E-state index in [1.165, 1.54) is 24.1 Å². The van der Waals surface area contributed by atoms with Gasteiger partial charge in [-0.15, -0.1) is 0 Å². The smallest absolute Gasteiger partial charge is 0.122 e. The number of aromatic nitrogens is 2. The van der Waals surface area contributed by atoms with E-state index in [9.17, 15) is 0 Å². The summed E-state index contributed by atoms with van der Waals surface area (Å²) in [5.41, 5.74) is 2.56. The van der Waals surface area contributed by atoms with Gasteiger partial charge in [0.1, 0.15) is 4.64 Å². The first-order valence-electron chi connectivity index (χ1n) is 5.76. The minimum Gasteiger partial charge on any atom is -0.301 e. The van der Waals surface area contributed by atoms with Gasteiger partial charge >= 0.3 is 0 Å². The number of benzene rings is 1. The molecule has 0 aliphatic heterocycles. The van der Waals surface area contributed by atoms with Crippen molar-refractivity contribution in [2.45, 2.75) is 25.3 Å². The first-order chi connectivity index (χ1) is 8.22. The molecule has 0 unspecified atom stereocenters. The molecule has 2 nitrogen and oxygen atoms in total. The van der Waals surface area contributed by atoms with Crippen molar-refractivity contribution in [3.8, 4) is 0 Å². The fraction of sp³-hybridized carbons (Fsp3) is 0.308. The minimum atomic E-state index is 0.725. The third kappa shape index (κ3) is 2.53. The van der Waals surface area contributed by atoms with E-state index >= 15 is 0 Å². The van der Waals surface area contributed by atoms with E-state index in [0.717, 1.165) is 21.6 Å². The maximum Gasteiger partial charge on any atom is 0.122 e. The minimum absolute atomic E-state index is 0.725. The largest absolute Gasteiger partial charge is 0.301 e. The van der Waals surface area contributed by atoms with Crippen LogP contribution in [0.4, 0.5) is 0 Å². The van der Waals surface area contributed by atoms with Gasteiger partial charge in [0, 0.05) is 16.1 Å². The Balaban J connectivity index is 1.84. The zero-order chi connectivity index (χ0) is 11.8. The lowest BCUT2D eigenvalue weighted by atomic mass is 10.2. The molecular formula is C13H13BrN2S. The van der Waals surface area contributed by atoms with Crippen LogP contribution >= 0.6 is 28.1 Å². The first kappa shape index (κ1) is 11.2. The number of rotatable bonds is 3. The molecule has 1 aromatic carbocycles. The molecule has 2 aromatic rings. The molecular weight excluding hydrogens is 296 g/mol. The third-order valence-corrected chi connectivity index (χ3v) is 3.95. The quantitative estimate of drug-likeness (QED) is 0.841. The summed E-state index contributed by atoms with van der Waals surface area (Å²) in [6.45, 7) is 0.818. The molecule has 0 spiro atoms. The Kier molecular flexibility index (Phi) is 2.92. The van der Waals surface area contributed by atoms with Crippen molar-refractivity contribution in [2.24, 2.45) is 0 Å². The average Bonchev–Trinajstić information content (AvgIpc) is 3.09. The number of nitrogens with zero attached hydrogens (tertiary/aromatic N) is 1. The summed E-state index contributed by atoms with van der Waals surface area (Å²) in [5, 5.41) is 3.41. The standard InChI is InChI=1S/C13H13BrN2S/c14-11-5-1-9(2-6-11)8-16-13(17)7-12(15-16)10-3-4-10/h1-2,5-7,10,15H,3-4,8H2. The van der Waals surface area contributed by atoms with Crippen LogP contribution in [0.15, 0.2) is 34.8 Å². The SMILES string of the molecule is S=c1cc(C2CC2)[nH]n1Cc1ccc(Br)cc1. The summed E-state index contributed by atoms with van der Waals surface area (Å²) in [7, 11) is 0. The molecule has 0 radical (unpaired) electrons. The molecule has 3 rings (SSSR count). The number of aromatic amines is 1. The highest BCUT2D eigenvalue weighted by molar-refractivity contribution is 9.10. The van der Waals surface area contributed by atoms with Crippen molar-refractivity contribution in [3.05, 3.63) is 50.7 Å². The predicted molar refractivity (Wildman–Crippen MR) is 74.8 cm³/mol. The summed E-state index contributed by atoms with van der Waals surface area (Å²) >= 11 is 8.81. The lowest BCUT2D eigenvalue weighted by molar-refractivity contribution is 0.664. The van der Waals surface area contributed by atoms with Crippen LogP contribution < -0.4 is 0 Å². The van der Waals surface area contributed by atoms with Gasteiger partial charge < -0.3 is 5.10 Å². The molecule has 4 heteroatoms. The van der Waals surface area contributed by atoms with Crippen LogP contribution in [0.2, 0.25) is 0 Å². The Morgan fingerprint density at radius 2 is 2.00 bits per heavy atom. The first-order valence-corrected chi connectivity index (χ1v) is 6.97.